The van der Waals surface area contributed by atoms with Crippen LogP contribution in [0.3, 0.4) is 0 Å². The third kappa shape index (κ3) is 3.77. The summed E-state index contributed by atoms with van der Waals surface area (Å²) in [7, 11) is 3.01. The highest BCUT2D eigenvalue weighted by Gasteiger charge is 2.55. The van der Waals surface area contributed by atoms with Crippen molar-refractivity contribution in [3.8, 4) is 11.5 Å². The van der Waals surface area contributed by atoms with Gasteiger partial charge in [0.15, 0.2) is 12.1 Å². The van der Waals surface area contributed by atoms with Gasteiger partial charge in [-0.05, 0) is 42.5 Å². The molecule has 2 aromatic carbocycles. The summed E-state index contributed by atoms with van der Waals surface area (Å²) in [6.45, 7) is -0.243. The number of anilines is 2. The van der Waals surface area contributed by atoms with Crippen molar-refractivity contribution in [2.75, 3.05) is 31.0 Å². The maximum Gasteiger partial charge on any atom is 0.263 e. The molecule has 4 rings (SSSR count). The lowest BCUT2D eigenvalue weighted by Crippen LogP contribution is -2.43. The first-order chi connectivity index (χ1) is 14.9. The lowest BCUT2D eigenvalue weighted by molar-refractivity contribution is -0.123. The fourth-order valence-corrected chi connectivity index (χ4v) is 3.68. The first-order valence-corrected chi connectivity index (χ1v) is 9.63. The number of hydrogen-bond donors (Lipinski definition) is 1. The topological polar surface area (TPSA) is 113 Å². The van der Waals surface area contributed by atoms with Crippen molar-refractivity contribution in [1.29, 1.82) is 0 Å². The molecule has 0 radical (unpaired) electrons. The molecule has 0 bridgehead atoms. The van der Waals surface area contributed by atoms with E-state index in [1.165, 1.54) is 18.2 Å². The van der Waals surface area contributed by atoms with E-state index in [0.717, 1.165) is 4.90 Å². The summed E-state index contributed by atoms with van der Waals surface area (Å²) in [5.74, 6) is -0.392. The molecule has 2 heterocycles. The van der Waals surface area contributed by atoms with Gasteiger partial charge in [-0.2, -0.15) is 5.11 Å². The molecule has 0 aliphatic carbocycles. The number of fused-ring (bicyclic) bond motifs is 1. The predicted octanol–water partition coefficient (Wildman–Crippen LogP) is 2.29. The summed E-state index contributed by atoms with van der Waals surface area (Å²) in [6.07, 6.45) is 0. The normalized spacial score (nSPS) is 19.6. The van der Waals surface area contributed by atoms with E-state index < -0.39 is 29.8 Å². The largest absolute Gasteiger partial charge is 0.497 e. The number of rotatable bonds is 6. The summed E-state index contributed by atoms with van der Waals surface area (Å²) in [5, 5.41) is 12.0. The van der Waals surface area contributed by atoms with Crippen LogP contribution in [0, 0.1) is 0 Å². The predicted molar refractivity (Wildman–Crippen MR) is 111 cm³/mol. The molecule has 2 aliphatic rings. The van der Waals surface area contributed by atoms with E-state index in [1.807, 2.05) is 0 Å². The fraction of sp³-hybridized carbons (Fsp3) is 0.250. The third-order valence-electron chi connectivity index (χ3n) is 4.93. The van der Waals surface area contributed by atoms with Crippen LogP contribution < -0.4 is 19.7 Å². The van der Waals surface area contributed by atoms with Crippen LogP contribution in [-0.2, 0) is 14.4 Å². The van der Waals surface area contributed by atoms with Crippen molar-refractivity contribution in [1.82, 2.24) is 5.01 Å². The molecule has 0 spiro atoms. The average Bonchev–Trinajstić information content (AvgIpc) is 3.28. The fourth-order valence-electron chi connectivity index (χ4n) is 3.42. The van der Waals surface area contributed by atoms with E-state index in [2.05, 4.69) is 15.7 Å². The molecule has 2 atom stereocenters. The highest BCUT2D eigenvalue weighted by molar-refractivity contribution is 6.33. The zero-order chi connectivity index (χ0) is 22.1. The van der Waals surface area contributed by atoms with Gasteiger partial charge >= 0.3 is 0 Å². The van der Waals surface area contributed by atoms with Crippen molar-refractivity contribution in [3.05, 3.63) is 47.5 Å². The molecule has 2 aromatic rings. The molecule has 0 unspecified atom stereocenters. The molecule has 31 heavy (non-hydrogen) atoms. The van der Waals surface area contributed by atoms with E-state index in [0.29, 0.717) is 22.9 Å². The van der Waals surface area contributed by atoms with Gasteiger partial charge in [0.2, 0.25) is 5.91 Å². The first-order valence-electron chi connectivity index (χ1n) is 9.25. The molecule has 0 saturated carbocycles. The second-order valence-corrected chi connectivity index (χ2v) is 7.21. The number of nitrogens with one attached hydrogen (secondary N) is 1. The monoisotopic (exact) mass is 443 g/mol. The molecule has 0 aromatic heterocycles. The van der Waals surface area contributed by atoms with E-state index in [9.17, 15) is 14.4 Å². The third-order valence-corrected chi connectivity index (χ3v) is 5.23. The Bertz CT molecular complexity index is 1070. The standard InChI is InChI=1S/C20H18ClN5O5/c1-30-13-6-3-11(4-7-13)22-16(27)10-25-18-17(23-24-25)19(28)26(20(18)29)12-5-8-15(31-2)14(21)9-12/h3-9,17-18H,10H2,1-2H3,(H,22,27)/t17-,18+/m0/s1. The van der Waals surface area contributed by atoms with Gasteiger partial charge in [-0.15, -0.1) is 0 Å². The lowest BCUT2D eigenvalue weighted by Gasteiger charge is -2.20. The Balaban J connectivity index is 1.47. The van der Waals surface area contributed by atoms with Crippen LogP contribution in [0.1, 0.15) is 0 Å². The maximum absolute atomic E-state index is 13.0. The second-order valence-electron chi connectivity index (χ2n) is 6.80. The minimum absolute atomic E-state index is 0.243. The van der Waals surface area contributed by atoms with Crippen molar-refractivity contribution in [2.24, 2.45) is 10.3 Å². The quantitative estimate of drug-likeness (QED) is 0.685. The minimum atomic E-state index is -1.01. The Kier molecular flexibility index (Phi) is 5.47. The van der Waals surface area contributed by atoms with Crippen LogP contribution in [0.4, 0.5) is 11.4 Å². The molecule has 1 N–H and O–H groups in total. The van der Waals surface area contributed by atoms with Crippen LogP contribution in [0.15, 0.2) is 52.8 Å². The summed E-state index contributed by atoms with van der Waals surface area (Å²) < 4.78 is 10.2. The summed E-state index contributed by atoms with van der Waals surface area (Å²) in [6, 6.07) is 9.37. The number of amides is 3. The van der Waals surface area contributed by atoms with Crippen molar-refractivity contribution >= 4 is 40.7 Å². The summed E-state index contributed by atoms with van der Waals surface area (Å²) >= 11 is 6.13. The molecule has 11 heteroatoms. The van der Waals surface area contributed by atoms with Gasteiger partial charge in [0.1, 0.15) is 18.0 Å². The maximum atomic E-state index is 13.0. The van der Waals surface area contributed by atoms with Gasteiger partial charge in [-0.1, -0.05) is 16.8 Å². The van der Waals surface area contributed by atoms with E-state index in [1.54, 1.807) is 43.5 Å². The zero-order valence-corrected chi connectivity index (χ0v) is 17.4. The first kappa shape index (κ1) is 20.6. The van der Waals surface area contributed by atoms with Crippen molar-refractivity contribution in [3.63, 3.8) is 0 Å². The number of nitrogens with zero attached hydrogens (tertiary/aromatic N) is 4. The Morgan fingerprint density at radius 1 is 1.10 bits per heavy atom. The van der Waals surface area contributed by atoms with Crippen molar-refractivity contribution in [2.45, 2.75) is 12.1 Å². The number of benzene rings is 2. The van der Waals surface area contributed by atoms with Crippen molar-refractivity contribution < 1.29 is 23.9 Å². The average molecular weight is 444 g/mol. The minimum Gasteiger partial charge on any atom is -0.497 e. The number of carbonyl (C=O) groups is 3. The summed E-state index contributed by atoms with van der Waals surface area (Å²) in [5.41, 5.74) is 0.856. The zero-order valence-electron chi connectivity index (χ0n) is 16.6. The molecule has 10 nitrogen and oxygen atoms in total. The Morgan fingerprint density at radius 2 is 1.84 bits per heavy atom. The van der Waals surface area contributed by atoms with E-state index >= 15 is 0 Å². The SMILES string of the molecule is COc1ccc(NC(=O)CN2N=N[C@@H]3C(=O)N(c4ccc(OC)c(Cl)c4)C(=O)[C@@H]32)cc1. The molecule has 1 fully saturated rings. The number of imide groups is 1. The molecule has 160 valence electrons. The van der Waals surface area contributed by atoms with E-state index in [4.69, 9.17) is 21.1 Å². The molecule has 1 saturated heterocycles. The Morgan fingerprint density at radius 3 is 2.48 bits per heavy atom. The van der Waals surface area contributed by atoms with Crippen LogP contribution in [0.2, 0.25) is 5.02 Å². The number of carbonyl (C=O) groups excluding carboxylic acids is 3. The summed E-state index contributed by atoms with van der Waals surface area (Å²) in [4.78, 5) is 39.2. The highest BCUT2D eigenvalue weighted by atomic mass is 35.5. The van der Waals surface area contributed by atoms with Crippen LogP contribution in [0.5, 0.6) is 11.5 Å². The molecular formula is C20H18ClN5O5. The number of ether oxygens (including phenoxy) is 2. The lowest BCUT2D eigenvalue weighted by atomic mass is 10.1. The Labute approximate surface area is 182 Å². The number of methoxy groups -OCH3 is 2. The van der Waals surface area contributed by atoms with Gasteiger partial charge in [0, 0.05) is 5.69 Å². The van der Waals surface area contributed by atoms with Gasteiger partial charge in [-0.25, -0.2) is 4.90 Å². The van der Waals surface area contributed by atoms with Crippen LogP contribution in [0.25, 0.3) is 0 Å². The number of hydrogen-bond acceptors (Lipinski definition) is 8. The van der Waals surface area contributed by atoms with Crippen LogP contribution in [-0.4, -0.2) is 55.6 Å². The van der Waals surface area contributed by atoms with Gasteiger partial charge in [-0.3, -0.25) is 19.4 Å². The van der Waals surface area contributed by atoms with E-state index in [-0.39, 0.29) is 11.6 Å². The molecular weight excluding hydrogens is 426 g/mol. The second kappa shape index (κ2) is 8.23. The molecule has 2 aliphatic heterocycles. The van der Waals surface area contributed by atoms with Crippen LogP contribution >= 0.6 is 11.6 Å². The molecule has 3 amide bonds. The van der Waals surface area contributed by atoms with Gasteiger partial charge in [0.25, 0.3) is 11.8 Å². The number of halogens is 1. The smallest absolute Gasteiger partial charge is 0.263 e. The Hall–Kier alpha value is -3.66. The van der Waals surface area contributed by atoms with Gasteiger partial charge < -0.3 is 14.8 Å². The van der Waals surface area contributed by atoms with Gasteiger partial charge in [0.05, 0.1) is 24.9 Å². The highest BCUT2D eigenvalue weighted by Crippen LogP contribution is 2.35.